The number of hydrogen-bond acceptors (Lipinski definition) is 4. The molecular formula is C24H29N3O4S. The fourth-order valence-electron chi connectivity index (χ4n) is 4.46. The molecule has 2 N–H and O–H groups in total. The summed E-state index contributed by atoms with van der Waals surface area (Å²) in [5, 5.41) is 5.89. The van der Waals surface area contributed by atoms with E-state index in [9.17, 15) is 18.0 Å². The minimum Gasteiger partial charge on any atom is -0.349 e. The van der Waals surface area contributed by atoms with Crippen molar-refractivity contribution in [2.24, 2.45) is 0 Å². The standard InChI is InChI=1S/C24H29N3O4S/c28-23(25-19-8-3-1-4-9-19)18-13-15-20(16-14-18)26-24(29)22-12-7-17-27(22)32(30,31)21-10-5-2-6-11-21/h2,5-6,10-11,13-16,19,22H,1,3-4,7-9,12,17H2,(H,25,28)(H,26,29)/t22-/m0/s1. The molecule has 0 aromatic heterocycles. The van der Waals surface area contributed by atoms with Crippen LogP contribution in [-0.2, 0) is 14.8 Å². The molecule has 2 aliphatic rings. The fourth-order valence-corrected chi connectivity index (χ4v) is 6.14. The summed E-state index contributed by atoms with van der Waals surface area (Å²) in [6.07, 6.45) is 6.66. The molecule has 0 bridgehead atoms. The Bertz CT molecular complexity index is 1050. The molecule has 1 heterocycles. The van der Waals surface area contributed by atoms with Gasteiger partial charge >= 0.3 is 0 Å². The zero-order chi connectivity index (χ0) is 22.6. The Balaban J connectivity index is 1.39. The first-order chi connectivity index (χ1) is 15.4. The third-order valence-electron chi connectivity index (χ3n) is 6.21. The van der Waals surface area contributed by atoms with Crippen LogP contribution in [0.2, 0.25) is 0 Å². The molecule has 8 heteroatoms. The van der Waals surface area contributed by atoms with Gasteiger partial charge in [-0.3, -0.25) is 9.59 Å². The summed E-state index contributed by atoms with van der Waals surface area (Å²) >= 11 is 0. The first-order valence-corrected chi connectivity index (χ1v) is 12.7. The molecule has 1 saturated heterocycles. The van der Waals surface area contributed by atoms with Crippen LogP contribution in [0.4, 0.5) is 5.69 Å². The molecule has 0 spiro atoms. The van der Waals surface area contributed by atoms with Crippen LogP contribution in [-0.4, -0.2) is 43.2 Å². The van der Waals surface area contributed by atoms with E-state index in [0.717, 1.165) is 25.7 Å². The quantitative estimate of drug-likeness (QED) is 0.696. The van der Waals surface area contributed by atoms with Gasteiger partial charge in [0.1, 0.15) is 6.04 Å². The predicted octanol–water partition coefficient (Wildman–Crippen LogP) is 3.54. The summed E-state index contributed by atoms with van der Waals surface area (Å²) in [5.41, 5.74) is 1.08. The van der Waals surface area contributed by atoms with Crippen LogP contribution in [0.1, 0.15) is 55.3 Å². The van der Waals surface area contributed by atoms with E-state index in [1.165, 1.54) is 10.7 Å². The van der Waals surface area contributed by atoms with E-state index in [4.69, 9.17) is 0 Å². The molecule has 2 amide bonds. The summed E-state index contributed by atoms with van der Waals surface area (Å²) in [5.74, 6) is -0.466. The summed E-state index contributed by atoms with van der Waals surface area (Å²) in [4.78, 5) is 25.5. The summed E-state index contributed by atoms with van der Waals surface area (Å²) < 4.78 is 27.3. The molecule has 170 valence electrons. The average molecular weight is 456 g/mol. The lowest BCUT2D eigenvalue weighted by atomic mass is 9.95. The van der Waals surface area contributed by atoms with Crippen molar-refractivity contribution in [3.8, 4) is 0 Å². The Morgan fingerprint density at radius 2 is 1.53 bits per heavy atom. The zero-order valence-corrected chi connectivity index (χ0v) is 18.8. The Hall–Kier alpha value is -2.71. The zero-order valence-electron chi connectivity index (χ0n) is 18.0. The molecule has 0 unspecified atom stereocenters. The van der Waals surface area contributed by atoms with Gasteiger partial charge in [0.25, 0.3) is 5.91 Å². The second kappa shape index (κ2) is 9.83. The summed E-state index contributed by atoms with van der Waals surface area (Å²) in [6.45, 7) is 0.315. The van der Waals surface area contributed by atoms with E-state index < -0.39 is 16.1 Å². The topological polar surface area (TPSA) is 95.6 Å². The first kappa shape index (κ1) is 22.5. The Morgan fingerprint density at radius 3 is 2.22 bits per heavy atom. The van der Waals surface area contributed by atoms with Crippen molar-refractivity contribution in [2.75, 3.05) is 11.9 Å². The molecule has 2 aromatic rings. The number of sulfonamides is 1. The molecule has 1 atom stereocenters. The van der Waals surface area contributed by atoms with Crippen molar-refractivity contribution in [1.82, 2.24) is 9.62 Å². The van der Waals surface area contributed by atoms with Gasteiger partial charge in [-0.25, -0.2) is 8.42 Å². The number of rotatable bonds is 6. The Morgan fingerprint density at radius 1 is 0.844 bits per heavy atom. The smallest absolute Gasteiger partial charge is 0.251 e. The first-order valence-electron chi connectivity index (χ1n) is 11.2. The van der Waals surface area contributed by atoms with Gasteiger partial charge in [-0.1, -0.05) is 37.5 Å². The van der Waals surface area contributed by atoms with Gasteiger partial charge < -0.3 is 10.6 Å². The maximum absolute atomic E-state index is 13.0. The third kappa shape index (κ3) is 5.02. The largest absolute Gasteiger partial charge is 0.349 e. The van der Waals surface area contributed by atoms with Crippen LogP contribution in [0, 0.1) is 0 Å². The molecule has 1 saturated carbocycles. The lowest BCUT2D eigenvalue weighted by molar-refractivity contribution is -0.119. The van der Waals surface area contributed by atoms with E-state index in [1.54, 1.807) is 54.6 Å². The SMILES string of the molecule is O=C(NC1CCCCC1)c1ccc(NC(=O)[C@@H]2CCCN2S(=O)(=O)c2ccccc2)cc1. The van der Waals surface area contributed by atoms with E-state index >= 15 is 0 Å². The monoisotopic (exact) mass is 455 g/mol. The number of anilines is 1. The van der Waals surface area contributed by atoms with Crippen molar-refractivity contribution >= 4 is 27.5 Å². The lowest BCUT2D eigenvalue weighted by Gasteiger charge is -2.23. The fraction of sp³-hybridized carbons (Fsp3) is 0.417. The minimum atomic E-state index is -3.74. The van der Waals surface area contributed by atoms with Gasteiger partial charge in [-0.05, 0) is 62.1 Å². The Labute approximate surface area is 189 Å². The number of carbonyl (C=O) groups is 2. The number of amides is 2. The molecular weight excluding hydrogens is 426 g/mol. The Kier molecular flexibility index (Phi) is 6.91. The summed E-state index contributed by atoms with van der Waals surface area (Å²) in [7, 11) is -3.74. The maximum atomic E-state index is 13.0. The van der Waals surface area contributed by atoms with Gasteiger partial charge in [0.15, 0.2) is 0 Å². The highest BCUT2D eigenvalue weighted by Gasteiger charge is 2.39. The molecule has 1 aliphatic carbocycles. The third-order valence-corrected chi connectivity index (χ3v) is 8.13. The second-order valence-electron chi connectivity index (χ2n) is 8.46. The molecule has 32 heavy (non-hydrogen) atoms. The van der Waals surface area contributed by atoms with E-state index in [-0.39, 0.29) is 22.8 Å². The van der Waals surface area contributed by atoms with Gasteiger partial charge in [0.05, 0.1) is 4.90 Å². The number of hydrogen-bond donors (Lipinski definition) is 2. The van der Waals surface area contributed by atoms with Crippen molar-refractivity contribution in [3.63, 3.8) is 0 Å². The lowest BCUT2D eigenvalue weighted by Crippen LogP contribution is -2.43. The van der Waals surface area contributed by atoms with Crippen LogP contribution in [0.25, 0.3) is 0 Å². The second-order valence-corrected chi connectivity index (χ2v) is 10.4. The van der Waals surface area contributed by atoms with Crippen molar-refractivity contribution in [2.45, 2.75) is 61.9 Å². The molecule has 4 rings (SSSR count). The van der Waals surface area contributed by atoms with Crippen LogP contribution in [0.3, 0.4) is 0 Å². The van der Waals surface area contributed by atoms with Gasteiger partial charge in [-0.2, -0.15) is 4.31 Å². The molecule has 2 fully saturated rings. The van der Waals surface area contributed by atoms with E-state index in [0.29, 0.717) is 30.6 Å². The van der Waals surface area contributed by atoms with Crippen molar-refractivity contribution in [3.05, 3.63) is 60.2 Å². The van der Waals surface area contributed by atoms with Crippen LogP contribution in [0.15, 0.2) is 59.5 Å². The van der Waals surface area contributed by atoms with Gasteiger partial charge in [0, 0.05) is 23.8 Å². The number of carbonyl (C=O) groups excluding carboxylic acids is 2. The molecule has 1 aliphatic heterocycles. The van der Waals surface area contributed by atoms with Gasteiger partial charge in [-0.15, -0.1) is 0 Å². The van der Waals surface area contributed by atoms with E-state index in [2.05, 4.69) is 10.6 Å². The normalized spacial score (nSPS) is 20.1. The van der Waals surface area contributed by atoms with Crippen molar-refractivity contribution in [1.29, 1.82) is 0 Å². The molecule has 0 radical (unpaired) electrons. The van der Waals surface area contributed by atoms with Crippen LogP contribution in [0.5, 0.6) is 0 Å². The predicted molar refractivity (Wildman–Crippen MR) is 123 cm³/mol. The van der Waals surface area contributed by atoms with Gasteiger partial charge in [0.2, 0.25) is 15.9 Å². The molecule has 7 nitrogen and oxygen atoms in total. The highest BCUT2D eigenvalue weighted by molar-refractivity contribution is 7.89. The maximum Gasteiger partial charge on any atom is 0.251 e. The number of benzene rings is 2. The number of nitrogens with one attached hydrogen (secondary N) is 2. The average Bonchev–Trinajstić information content (AvgIpc) is 3.32. The van der Waals surface area contributed by atoms with Crippen LogP contribution >= 0.6 is 0 Å². The highest BCUT2D eigenvalue weighted by atomic mass is 32.2. The van der Waals surface area contributed by atoms with E-state index in [1.807, 2.05) is 0 Å². The molecule has 2 aromatic carbocycles. The summed E-state index contributed by atoms with van der Waals surface area (Å²) in [6, 6.07) is 14.4. The highest BCUT2D eigenvalue weighted by Crippen LogP contribution is 2.27. The van der Waals surface area contributed by atoms with Crippen LogP contribution < -0.4 is 10.6 Å². The minimum absolute atomic E-state index is 0.106. The number of nitrogens with zero attached hydrogens (tertiary/aromatic N) is 1. The van der Waals surface area contributed by atoms with Crippen molar-refractivity contribution < 1.29 is 18.0 Å².